The summed E-state index contributed by atoms with van der Waals surface area (Å²) in [4.78, 5) is 21.7. The maximum absolute atomic E-state index is 11.8. The van der Waals surface area contributed by atoms with E-state index in [1.165, 1.54) is 0 Å². The van der Waals surface area contributed by atoms with Gasteiger partial charge in [0.25, 0.3) is 0 Å². The SMILES string of the molecule is COCCNC(=O)N1CCC(Oc2cnccn2)CC1. The Morgan fingerprint density at radius 3 is 2.90 bits per heavy atom. The van der Waals surface area contributed by atoms with Gasteiger partial charge in [0.1, 0.15) is 6.10 Å². The first-order chi connectivity index (χ1) is 9.79. The standard InChI is InChI=1S/C13H20N4O3/c1-19-9-6-16-13(18)17-7-2-11(3-8-17)20-12-10-14-4-5-15-12/h4-5,10-11H,2-3,6-9H2,1H3,(H,16,18). The van der Waals surface area contributed by atoms with Gasteiger partial charge in [0.2, 0.25) is 5.88 Å². The van der Waals surface area contributed by atoms with Gasteiger partial charge in [-0.3, -0.25) is 4.98 Å². The van der Waals surface area contributed by atoms with Crippen LogP contribution in [0.5, 0.6) is 5.88 Å². The van der Waals surface area contributed by atoms with Crippen molar-refractivity contribution in [3.63, 3.8) is 0 Å². The number of aromatic nitrogens is 2. The summed E-state index contributed by atoms with van der Waals surface area (Å²) in [6.45, 7) is 2.43. The molecule has 1 aromatic rings. The highest BCUT2D eigenvalue weighted by Gasteiger charge is 2.23. The third kappa shape index (κ3) is 4.34. The van der Waals surface area contributed by atoms with E-state index < -0.39 is 0 Å². The second-order valence-electron chi connectivity index (χ2n) is 4.57. The van der Waals surface area contributed by atoms with E-state index in [9.17, 15) is 4.79 Å². The van der Waals surface area contributed by atoms with Gasteiger partial charge in [0.05, 0.1) is 12.8 Å². The molecule has 7 nitrogen and oxygen atoms in total. The number of ether oxygens (including phenoxy) is 2. The van der Waals surface area contributed by atoms with Gasteiger partial charge < -0.3 is 19.7 Å². The maximum atomic E-state index is 11.8. The molecule has 0 spiro atoms. The molecule has 0 bridgehead atoms. The number of carbonyl (C=O) groups excluding carboxylic acids is 1. The smallest absolute Gasteiger partial charge is 0.317 e. The van der Waals surface area contributed by atoms with Crippen LogP contribution < -0.4 is 10.1 Å². The van der Waals surface area contributed by atoms with Crippen molar-refractivity contribution in [3.05, 3.63) is 18.6 Å². The summed E-state index contributed by atoms with van der Waals surface area (Å²) in [5.74, 6) is 0.537. The molecule has 0 aromatic carbocycles. The van der Waals surface area contributed by atoms with Crippen molar-refractivity contribution >= 4 is 6.03 Å². The van der Waals surface area contributed by atoms with Crippen molar-refractivity contribution in [1.29, 1.82) is 0 Å². The molecule has 1 aromatic heterocycles. The lowest BCUT2D eigenvalue weighted by molar-refractivity contribution is 0.106. The summed E-state index contributed by atoms with van der Waals surface area (Å²) in [7, 11) is 1.61. The number of nitrogens with zero attached hydrogens (tertiary/aromatic N) is 3. The minimum atomic E-state index is -0.0417. The first kappa shape index (κ1) is 14.5. The molecule has 110 valence electrons. The summed E-state index contributed by atoms with van der Waals surface area (Å²) < 4.78 is 10.6. The number of piperidine rings is 1. The Balaban J connectivity index is 1.71. The van der Waals surface area contributed by atoms with Crippen LogP contribution in [0.15, 0.2) is 18.6 Å². The molecule has 0 aliphatic carbocycles. The fraction of sp³-hybridized carbons (Fsp3) is 0.615. The van der Waals surface area contributed by atoms with Gasteiger partial charge in [0, 0.05) is 52.0 Å². The van der Waals surface area contributed by atoms with Crippen molar-refractivity contribution in [2.24, 2.45) is 0 Å². The highest BCUT2D eigenvalue weighted by molar-refractivity contribution is 5.74. The van der Waals surface area contributed by atoms with Crippen LogP contribution >= 0.6 is 0 Å². The van der Waals surface area contributed by atoms with Crippen molar-refractivity contribution in [1.82, 2.24) is 20.2 Å². The number of rotatable bonds is 5. The second-order valence-corrected chi connectivity index (χ2v) is 4.57. The van der Waals surface area contributed by atoms with Crippen LogP contribution in [0.4, 0.5) is 4.79 Å². The van der Waals surface area contributed by atoms with E-state index in [-0.39, 0.29) is 12.1 Å². The lowest BCUT2D eigenvalue weighted by atomic mass is 10.1. The third-order valence-electron chi connectivity index (χ3n) is 3.14. The molecule has 1 aliphatic heterocycles. The van der Waals surface area contributed by atoms with E-state index in [4.69, 9.17) is 9.47 Å². The molecule has 20 heavy (non-hydrogen) atoms. The van der Waals surface area contributed by atoms with E-state index >= 15 is 0 Å². The molecule has 1 N–H and O–H groups in total. The number of hydrogen-bond acceptors (Lipinski definition) is 5. The Labute approximate surface area is 118 Å². The van der Waals surface area contributed by atoms with Gasteiger partial charge in [-0.2, -0.15) is 0 Å². The molecule has 0 unspecified atom stereocenters. The van der Waals surface area contributed by atoms with Gasteiger partial charge in [-0.1, -0.05) is 0 Å². The molecular formula is C13H20N4O3. The Hall–Kier alpha value is -1.89. The number of hydrogen-bond donors (Lipinski definition) is 1. The summed E-state index contributed by atoms with van der Waals surface area (Å²) in [6, 6.07) is -0.0417. The van der Waals surface area contributed by atoms with E-state index in [2.05, 4.69) is 15.3 Å². The minimum Gasteiger partial charge on any atom is -0.473 e. The van der Waals surface area contributed by atoms with Gasteiger partial charge in [0.15, 0.2) is 0 Å². The van der Waals surface area contributed by atoms with Crippen molar-refractivity contribution in [2.75, 3.05) is 33.4 Å². The quantitative estimate of drug-likeness (QED) is 0.802. The fourth-order valence-electron chi connectivity index (χ4n) is 2.07. The van der Waals surface area contributed by atoms with Gasteiger partial charge in [-0.25, -0.2) is 9.78 Å². The van der Waals surface area contributed by atoms with E-state index in [1.807, 2.05) is 0 Å². The topological polar surface area (TPSA) is 76.6 Å². The number of nitrogens with one attached hydrogen (secondary N) is 1. The van der Waals surface area contributed by atoms with Gasteiger partial charge in [-0.15, -0.1) is 0 Å². The summed E-state index contributed by atoms with van der Waals surface area (Å²) >= 11 is 0. The molecule has 2 rings (SSSR count). The molecule has 0 atom stereocenters. The monoisotopic (exact) mass is 280 g/mol. The zero-order valence-corrected chi connectivity index (χ0v) is 11.6. The van der Waals surface area contributed by atoms with Crippen LogP contribution in [0.2, 0.25) is 0 Å². The number of methoxy groups -OCH3 is 1. The predicted molar refractivity (Wildman–Crippen MR) is 72.5 cm³/mol. The second kappa shape index (κ2) is 7.64. The summed E-state index contributed by atoms with van der Waals surface area (Å²) in [5.41, 5.74) is 0. The van der Waals surface area contributed by atoms with Crippen molar-refractivity contribution in [3.8, 4) is 5.88 Å². The van der Waals surface area contributed by atoms with Crippen LogP contribution in [0.3, 0.4) is 0 Å². The minimum absolute atomic E-state index is 0.0417. The Bertz CT molecular complexity index is 407. The Morgan fingerprint density at radius 2 is 2.25 bits per heavy atom. The number of likely N-dealkylation sites (tertiary alicyclic amines) is 1. The van der Waals surface area contributed by atoms with Gasteiger partial charge in [-0.05, 0) is 0 Å². The molecular weight excluding hydrogens is 260 g/mol. The maximum Gasteiger partial charge on any atom is 0.317 e. The fourth-order valence-corrected chi connectivity index (χ4v) is 2.07. The normalized spacial score (nSPS) is 15.9. The zero-order valence-electron chi connectivity index (χ0n) is 11.6. The van der Waals surface area contributed by atoms with Crippen LogP contribution in [0.25, 0.3) is 0 Å². The van der Waals surface area contributed by atoms with E-state index in [0.29, 0.717) is 32.1 Å². The summed E-state index contributed by atoms with van der Waals surface area (Å²) in [5, 5.41) is 2.82. The Morgan fingerprint density at radius 1 is 1.45 bits per heavy atom. The molecule has 0 saturated carbocycles. The molecule has 1 saturated heterocycles. The largest absolute Gasteiger partial charge is 0.473 e. The molecule has 2 amide bonds. The highest BCUT2D eigenvalue weighted by atomic mass is 16.5. The predicted octanol–water partition coefficient (Wildman–Crippen LogP) is 0.676. The summed E-state index contributed by atoms with van der Waals surface area (Å²) in [6.07, 6.45) is 6.51. The lowest BCUT2D eigenvalue weighted by Crippen LogP contribution is -2.47. The number of amides is 2. The Kier molecular flexibility index (Phi) is 5.55. The van der Waals surface area contributed by atoms with Crippen LogP contribution in [0.1, 0.15) is 12.8 Å². The third-order valence-corrected chi connectivity index (χ3v) is 3.14. The first-order valence-electron chi connectivity index (χ1n) is 6.74. The molecule has 2 heterocycles. The van der Waals surface area contributed by atoms with Crippen molar-refractivity contribution in [2.45, 2.75) is 18.9 Å². The zero-order chi connectivity index (χ0) is 14.2. The van der Waals surface area contributed by atoms with Crippen LogP contribution in [-0.4, -0.2) is 60.4 Å². The molecule has 7 heteroatoms. The average molecular weight is 280 g/mol. The van der Waals surface area contributed by atoms with E-state index in [0.717, 1.165) is 12.8 Å². The molecule has 1 aliphatic rings. The number of carbonyl (C=O) groups is 1. The molecule has 0 radical (unpaired) electrons. The first-order valence-corrected chi connectivity index (χ1v) is 6.74. The lowest BCUT2D eigenvalue weighted by Gasteiger charge is -2.31. The van der Waals surface area contributed by atoms with Crippen LogP contribution in [-0.2, 0) is 4.74 Å². The number of urea groups is 1. The van der Waals surface area contributed by atoms with Crippen LogP contribution in [0, 0.1) is 0 Å². The van der Waals surface area contributed by atoms with Gasteiger partial charge >= 0.3 is 6.03 Å². The van der Waals surface area contributed by atoms with Crippen molar-refractivity contribution < 1.29 is 14.3 Å². The highest BCUT2D eigenvalue weighted by Crippen LogP contribution is 2.16. The van der Waals surface area contributed by atoms with E-state index in [1.54, 1.807) is 30.6 Å². The average Bonchev–Trinajstić information content (AvgIpc) is 2.49. The molecule has 1 fully saturated rings.